The SMILES string of the molecule is COc1ccc(C(NC(=O)c2cnn(C(C)(C)C)c2C)C(=O)O)cc1Cl. The Labute approximate surface area is 156 Å². The minimum atomic E-state index is -1.25. The molecule has 2 rings (SSSR count). The topological polar surface area (TPSA) is 93.5 Å². The van der Waals surface area contributed by atoms with E-state index in [1.54, 1.807) is 23.7 Å². The summed E-state index contributed by atoms with van der Waals surface area (Å²) in [5, 5.41) is 16.6. The molecule has 0 radical (unpaired) electrons. The van der Waals surface area contributed by atoms with Gasteiger partial charge in [-0.2, -0.15) is 5.10 Å². The van der Waals surface area contributed by atoms with E-state index < -0.39 is 17.9 Å². The second kappa shape index (κ2) is 7.37. The van der Waals surface area contributed by atoms with Crippen molar-refractivity contribution in [2.75, 3.05) is 7.11 Å². The summed E-state index contributed by atoms with van der Waals surface area (Å²) in [5.74, 6) is -1.29. The number of carbonyl (C=O) groups excluding carboxylic acids is 1. The van der Waals surface area contributed by atoms with Gasteiger partial charge in [-0.15, -0.1) is 0 Å². The zero-order chi connectivity index (χ0) is 19.6. The molecular formula is C18H22ClN3O4. The summed E-state index contributed by atoms with van der Waals surface area (Å²) >= 11 is 6.07. The highest BCUT2D eigenvalue weighted by molar-refractivity contribution is 6.32. The molecule has 1 atom stereocenters. The highest BCUT2D eigenvalue weighted by Crippen LogP contribution is 2.28. The molecular weight excluding hydrogens is 358 g/mol. The lowest BCUT2D eigenvalue weighted by atomic mass is 10.1. The maximum absolute atomic E-state index is 12.6. The Morgan fingerprint density at radius 3 is 2.46 bits per heavy atom. The average Bonchev–Trinajstić information content (AvgIpc) is 2.94. The molecule has 0 aliphatic rings. The Morgan fingerprint density at radius 2 is 2.00 bits per heavy atom. The van der Waals surface area contributed by atoms with Crippen LogP contribution in [0.3, 0.4) is 0 Å². The Hall–Kier alpha value is -2.54. The van der Waals surface area contributed by atoms with E-state index in [0.717, 1.165) is 0 Å². The maximum atomic E-state index is 12.6. The van der Waals surface area contributed by atoms with Crippen LogP contribution in [-0.2, 0) is 10.3 Å². The third kappa shape index (κ3) is 3.99. The normalized spacial score (nSPS) is 12.5. The molecule has 1 aromatic carbocycles. The predicted octanol–water partition coefficient (Wildman–Crippen LogP) is 3.16. The van der Waals surface area contributed by atoms with E-state index in [2.05, 4.69) is 10.4 Å². The lowest BCUT2D eigenvalue weighted by molar-refractivity contribution is -0.139. The molecule has 0 aliphatic carbocycles. The summed E-state index contributed by atoms with van der Waals surface area (Å²) < 4.78 is 6.79. The third-order valence-electron chi connectivity index (χ3n) is 3.92. The lowest BCUT2D eigenvalue weighted by Crippen LogP contribution is -2.34. The number of carboxylic acids is 1. The van der Waals surface area contributed by atoms with E-state index in [-0.39, 0.29) is 10.6 Å². The number of aromatic nitrogens is 2. The average molecular weight is 380 g/mol. The molecule has 0 saturated heterocycles. The standard InChI is InChI=1S/C18H22ClN3O4/c1-10-12(9-20-22(10)18(2,3)4)16(23)21-15(17(24)25)11-6-7-14(26-5)13(19)8-11/h6-9,15H,1-5H3,(H,21,23)(H,24,25). The number of aliphatic carboxylic acids is 1. The Bertz CT molecular complexity index is 839. The smallest absolute Gasteiger partial charge is 0.330 e. The number of halogens is 1. The third-order valence-corrected chi connectivity index (χ3v) is 4.22. The molecule has 8 heteroatoms. The molecule has 26 heavy (non-hydrogen) atoms. The van der Waals surface area contributed by atoms with E-state index in [1.165, 1.54) is 19.4 Å². The molecule has 0 spiro atoms. The summed E-state index contributed by atoms with van der Waals surface area (Å²) in [4.78, 5) is 24.3. The van der Waals surface area contributed by atoms with Crippen molar-refractivity contribution in [1.82, 2.24) is 15.1 Å². The fraction of sp³-hybridized carbons (Fsp3) is 0.389. The molecule has 0 bridgehead atoms. The number of methoxy groups -OCH3 is 1. The molecule has 1 heterocycles. The van der Waals surface area contributed by atoms with Crippen LogP contribution in [0.5, 0.6) is 5.75 Å². The number of carboxylic acid groups (broad SMARTS) is 1. The number of amides is 1. The molecule has 1 aromatic heterocycles. The van der Waals surface area contributed by atoms with Gasteiger partial charge in [-0.1, -0.05) is 17.7 Å². The van der Waals surface area contributed by atoms with E-state index in [1.807, 2.05) is 20.8 Å². The van der Waals surface area contributed by atoms with Crippen LogP contribution < -0.4 is 10.1 Å². The molecule has 0 saturated carbocycles. The fourth-order valence-electron chi connectivity index (χ4n) is 2.67. The van der Waals surface area contributed by atoms with Crippen LogP contribution in [0.1, 0.15) is 48.4 Å². The van der Waals surface area contributed by atoms with Crippen LogP contribution in [0.4, 0.5) is 0 Å². The molecule has 7 nitrogen and oxygen atoms in total. The molecule has 140 valence electrons. The zero-order valence-corrected chi connectivity index (χ0v) is 16.1. The zero-order valence-electron chi connectivity index (χ0n) is 15.3. The monoisotopic (exact) mass is 379 g/mol. The minimum absolute atomic E-state index is 0.266. The first kappa shape index (κ1) is 19.8. The van der Waals surface area contributed by atoms with E-state index in [9.17, 15) is 14.7 Å². The van der Waals surface area contributed by atoms with Gasteiger partial charge < -0.3 is 15.2 Å². The minimum Gasteiger partial charge on any atom is -0.495 e. The van der Waals surface area contributed by atoms with Crippen LogP contribution in [0, 0.1) is 6.92 Å². The Morgan fingerprint density at radius 1 is 1.35 bits per heavy atom. The van der Waals surface area contributed by atoms with Crippen LogP contribution in [0.25, 0.3) is 0 Å². The van der Waals surface area contributed by atoms with Gasteiger partial charge in [0.05, 0.1) is 29.4 Å². The van der Waals surface area contributed by atoms with Crippen LogP contribution in [0.15, 0.2) is 24.4 Å². The molecule has 2 aromatic rings. The number of rotatable bonds is 5. The van der Waals surface area contributed by atoms with Crippen molar-refractivity contribution in [1.29, 1.82) is 0 Å². The maximum Gasteiger partial charge on any atom is 0.330 e. The van der Waals surface area contributed by atoms with Crippen LogP contribution in [0.2, 0.25) is 5.02 Å². The van der Waals surface area contributed by atoms with Crippen molar-refractivity contribution in [3.63, 3.8) is 0 Å². The van der Waals surface area contributed by atoms with Crippen LogP contribution >= 0.6 is 11.6 Å². The second-order valence-corrected chi connectivity index (χ2v) is 7.27. The number of benzene rings is 1. The van der Waals surface area contributed by atoms with Crippen molar-refractivity contribution in [2.24, 2.45) is 0 Å². The molecule has 1 unspecified atom stereocenters. The fourth-order valence-corrected chi connectivity index (χ4v) is 2.93. The molecule has 0 aliphatic heterocycles. The van der Waals surface area contributed by atoms with Crippen LogP contribution in [-0.4, -0.2) is 33.9 Å². The summed E-state index contributed by atoms with van der Waals surface area (Å²) in [6.45, 7) is 7.67. The van der Waals surface area contributed by atoms with Gasteiger partial charge in [0.15, 0.2) is 6.04 Å². The number of nitrogens with one attached hydrogen (secondary N) is 1. The van der Waals surface area contributed by atoms with Gasteiger partial charge >= 0.3 is 5.97 Å². The Kier molecular flexibility index (Phi) is 5.61. The summed E-state index contributed by atoms with van der Waals surface area (Å²) in [6.07, 6.45) is 1.44. The summed E-state index contributed by atoms with van der Waals surface area (Å²) in [7, 11) is 1.47. The first-order valence-corrected chi connectivity index (χ1v) is 8.36. The molecule has 2 N–H and O–H groups in total. The molecule has 1 amide bonds. The predicted molar refractivity (Wildman–Crippen MR) is 97.8 cm³/mol. The number of hydrogen-bond acceptors (Lipinski definition) is 4. The van der Waals surface area contributed by atoms with E-state index in [0.29, 0.717) is 22.6 Å². The largest absolute Gasteiger partial charge is 0.495 e. The highest BCUT2D eigenvalue weighted by Gasteiger charge is 2.27. The van der Waals surface area contributed by atoms with Gasteiger partial charge in [0.25, 0.3) is 5.91 Å². The second-order valence-electron chi connectivity index (χ2n) is 6.86. The number of hydrogen-bond donors (Lipinski definition) is 2. The molecule has 0 fully saturated rings. The number of ether oxygens (including phenoxy) is 1. The van der Waals surface area contributed by atoms with E-state index in [4.69, 9.17) is 16.3 Å². The first-order chi connectivity index (χ1) is 12.1. The van der Waals surface area contributed by atoms with Gasteiger partial charge in [0.1, 0.15) is 5.75 Å². The Balaban J connectivity index is 2.31. The van der Waals surface area contributed by atoms with Crippen molar-refractivity contribution in [3.8, 4) is 5.75 Å². The van der Waals surface area contributed by atoms with Gasteiger partial charge in [-0.05, 0) is 45.4 Å². The van der Waals surface area contributed by atoms with Gasteiger partial charge in [-0.25, -0.2) is 4.79 Å². The lowest BCUT2D eigenvalue weighted by Gasteiger charge is -2.21. The van der Waals surface area contributed by atoms with Gasteiger partial charge in [-0.3, -0.25) is 9.48 Å². The van der Waals surface area contributed by atoms with Gasteiger partial charge in [0, 0.05) is 5.69 Å². The van der Waals surface area contributed by atoms with Gasteiger partial charge in [0.2, 0.25) is 0 Å². The van der Waals surface area contributed by atoms with Crippen molar-refractivity contribution < 1.29 is 19.4 Å². The number of nitrogens with zero attached hydrogens (tertiary/aromatic N) is 2. The van der Waals surface area contributed by atoms with Crippen molar-refractivity contribution in [3.05, 3.63) is 46.2 Å². The summed E-state index contributed by atoms with van der Waals surface area (Å²) in [6, 6.07) is 3.33. The highest BCUT2D eigenvalue weighted by atomic mass is 35.5. The summed E-state index contributed by atoms with van der Waals surface area (Å²) in [5.41, 5.74) is 1.04. The van der Waals surface area contributed by atoms with Crippen molar-refractivity contribution in [2.45, 2.75) is 39.3 Å². The quantitative estimate of drug-likeness (QED) is 0.832. The first-order valence-electron chi connectivity index (χ1n) is 7.98. The van der Waals surface area contributed by atoms with E-state index >= 15 is 0 Å². The number of carbonyl (C=O) groups is 2. The van der Waals surface area contributed by atoms with Crippen molar-refractivity contribution >= 4 is 23.5 Å².